The zero-order chi connectivity index (χ0) is 20.6. The predicted molar refractivity (Wildman–Crippen MR) is 125 cm³/mol. The van der Waals surface area contributed by atoms with Crippen LogP contribution in [0.5, 0.6) is 0 Å². The molecule has 0 aliphatic carbocycles. The van der Waals surface area contributed by atoms with E-state index in [2.05, 4.69) is 53.8 Å². The van der Waals surface area contributed by atoms with E-state index in [4.69, 9.17) is 12.2 Å². The predicted octanol–water partition coefficient (Wildman–Crippen LogP) is 4.04. The topological polar surface area (TPSA) is 47.6 Å². The minimum absolute atomic E-state index is 0.121. The summed E-state index contributed by atoms with van der Waals surface area (Å²) in [4.78, 5) is 16.7. The smallest absolute Gasteiger partial charge is 0.253 e. The Kier molecular flexibility index (Phi) is 7.47. The second-order valence-electron chi connectivity index (χ2n) is 7.57. The van der Waals surface area contributed by atoms with E-state index in [1.807, 2.05) is 29.2 Å². The third-order valence-electron chi connectivity index (χ3n) is 5.24. The maximum atomic E-state index is 12.5. The van der Waals surface area contributed by atoms with Crippen LogP contribution < -0.4 is 15.5 Å². The molecule has 2 N–H and O–H groups in total. The Balaban J connectivity index is 1.43. The highest BCUT2D eigenvalue weighted by molar-refractivity contribution is 7.80. The highest BCUT2D eigenvalue weighted by atomic mass is 32.1. The van der Waals surface area contributed by atoms with Gasteiger partial charge in [-0.3, -0.25) is 4.79 Å². The second kappa shape index (κ2) is 10.3. The third kappa shape index (κ3) is 6.19. The van der Waals surface area contributed by atoms with Crippen molar-refractivity contribution in [2.45, 2.75) is 26.2 Å². The van der Waals surface area contributed by atoms with Crippen LogP contribution in [0.15, 0.2) is 48.5 Å². The van der Waals surface area contributed by atoms with Crippen LogP contribution in [0.4, 0.5) is 11.4 Å². The number of carbonyl (C=O) groups excluding carboxylic acids is 1. The third-order valence-corrected chi connectivity index (χ3v) is 5.49. The van der Waals surface area contributed by atoms with Crippen LogP contribution in [0, 0.1) is 6.92 Å². The van der Waals surface area contributed by atoms with Gasteiger partial charge in [0.05, 0.1) is 0 Å². The van der Waals surface area contributed by atoms with Crippen molar-refractivity contribution >= 4 is 34.6 Å². The molecule has 0 atom stereocenters. The number of anilines is 2. The molecule has 0 radical (unpaired) electrons. The number of benzene rings is 2. The molecule has 1 amide bonds. The molecule has 0 bridgehead atoms. The SMILES string of the molecule is Cc1ccc(N(C)CCNC(=S)Nc2ccc(C(=O)N3CCCCC3)cc2)cc1. The van der Waals surface area contributed by atoms with Crippen LogP contribution in [0.1, 0.15) is 35.2 Å². The first-order valence-electron chi connectivity index (χ1n) is 10.2. The molecule has 2 aromatic carbocycles. The molecule has 3 rings (SSSR count). The van der Waals surface area contributed by atoms with E-state index in [0.29, 0.717) is 5.11 Å². The zero-order valence-corrected chi connectivity index (χ0v) is 18.1. The average Bonchev–Trinajstić information content (AvgIpc) is 2.75. The van der Waals surface area contributed by atoms with Crippen molar-refractivity contribution in [2.24, 2.45) is 0 Å². The van der Waals surface area contributed by atoms with Crippen molar-refractivity contribution in [3.05, 3.63) is 59.7 Å². The molecule has 1 saturated heterocycles. The number of nitrogens with one attached hydrogen (secondary N) is 2. The molecular weight excluding hydrogens is 380 g/mol. The largest absolute Gasteiger partial charge is 0.373 e. The van der Waals surface area contributed by atoms with Gasteiger partial charge in [-0.25, -0.2) is 0 Å². The van der Waals surface area contributed by atoms with Crippen molar-refractivity contribution in [3.8, 4) is 0 Å². The minimum Gasteiger partial charge on any atom is -0.373 e. The molecule has 0 spiro atoms. The van der Waals surface area contributed by atoms with Crippen LogP contribution >= 0.6 is 12.2 Å². The number of likely N-dealkylation sites (N-methyl/N-ethyl adjacent to an activating group) is 1. The lowest BCUT2D eigenvalue weighted by atomic mass is 10.1. The van der Waals surface area contributed by atoms with Crippen LogP contribution in [-0.2, 0) is 0 Å². The Hall–Kier alpha value is -2.60. The lowest BCUT2D eigenvalue weighted by molar-refractivity contribution is 0.0724. The average molecular weight is 411 g/mol. The summed E-state index contributed by atoms with van der Waals surface area (Å²) in [5.41, 5.74) is 4.06. The van der Waals surface area contributed by atoms with Gasteiger partial charge in [0.25, 0.3) is 5.91 Å². The van der Waals surface area contributed by atoms with E-state index >= 15 is 0 Å². The highest BCUT2D eigenvalue weighted by Crippen LogP contribution is 2.16. The van der Waals surface area contributed by atoms with Gasteiger partial charge in [-0.1, -0.05) is 17.7 Å². The lowest BCUT2D eigenvalue weighted by Gasteiger charge is -2.26. The molecule has 0 saturated carbocycles. The Bertz CT molecular complexity index is 814. The molecule has 1 aliphatic heterocycles. The van der Waals surface area contributed by atoms with E-state index in [1.54, 1.807) is 0 Å². The summed E-state index contributed by atoms with van der Waals surface area (Å²) in [6.45, 7) is 5.40. The quantitative estimate of drug-likeness (QED) is 0.704. The Morgan fingerprint density at radius 2 is 1.69 bits per heavy atom. The number of hydrogen-bond acceptors (Lipinski definition) is 3. The molecule has 5 nitrogen and oxygen atoms in total. The normalized spacial score (nSPS) is 13.7. The van der Waals surface area contributed by atoms with Crippen LogP contribution in [0.2, 0.25) is 0 Å². The van der Waals surface area contributed by atoms with Crippen LogP contribution in [-0.4, -0.2) is 49.1 Å². The first kappa shape index (κ1) is 21.1. The number of carbonyl (C=O) groups is 1. The van der Waals surface area contributed by atoms with Crippen molar-refractivity contribution in [3.63, 3.8) is 0 Å². The van der Waals surface area contributed by atoms with Gasteiger partial charge >= 0.3 is 0 Å². The van der Waals surface area contributed by atoms with Gasteiger partial charge in [0.15, 0.2) is 5.11 Å². The van der Waals surface area contributed by atoms with Crippen molar-refractivity contribution in [1.82, 2.24) is 10.2 Å². The van der Waals surface area contributed by atoms with Crippen LogP contribution in [0.3, 0.4) is 0 Å². The van der Waals surface area contributed by atoms with E-state index < -0.39 is 0 Å². The van der Waals surface area contributed by atoms with Crippen molar-refractivity contribution < 1.29 is 4.79 Å². The molecule has 2 aromatic rings. The monoisotopic (exact) mass is 410 g/mol. The van der Waals surface area contributed by atoms with E-state index in [1.165, 1.54) is 17.7 Å². The summed E-state index contributed by atoms with van der Waals surface area (Å²) in [7, 11) is 2.07. The summed E-state index contributed by atoms with van der Waals surface area (Å²) in [5, 5.41) is 7.00. The molecule has 0 aromatic heterocycles. The highest BCUT2D eigenvalue weighted by Gasteiger charge is 2.17. The number of thiocarbonyl (C=S) groups is 1. The molecule has 1 aliphatic rings. The first-order valence-corrected chi connectivity index (χ1v) is 10.7. The fourth-order valence-electron chi connectivity index (χ4n) is 3.42. The zero-order valence-electron chi connectivity index (χ0n) is 17.3. The fraction of sp³-hybridized carbons (Fsp3) is 0.391. The van der Waals surface area contributed by atoms with Crippen molar-refractivity contribution in [1.29, 1.82) is 0 Å². The van der Waals surface area contributed by atoms with Gasteiger partial charge in [0.1, 0.15) is 0 Å². The molecule has 154 valence electrons. The van der Waals surface area contributed by atoms with Gasteiger partial charge in [0.2, 0.25) is 0 Å². The fourth-order valence-corrected chi connectivity index (χ4v) is 3.64. The van der Waals surface area contributed by atoms with Crippen molar-refractivity contribution in [2.75, 3.05) is 43.4 Å². The Labute approximate surface area is 179 Å². The van der Waals surface area contributed by atoms with Gasteiger partial charge < -0.3 is 20.4 Å². The summed E-state index contributed by atoms with van der Waals surface area (Å²) >= 11 is 5.39. The first-order chi connectivity index (χ1) is 14.0. The molecule has 0 unspecified atom stereocenters. The lowest BCUT2D eigenvalue weighted by Crippen LogP contribution is -2.36. The Morgan fingerprint density at radius 3 is 2.34 bits per heavy atom. The van der Waals surface area contributed by atoms with E-state index in [9.17, 15) is 4.79 Å². The number of likely N-dealkylation sites (tertiary alicyclic amines) is 1. The number of piperidine rings is 1. The molecular formula is C23H30N4OS. The number of aryl methyl sites for hydroxylation is 1. The van der Waals surface area contributed by atoms with E-state index in [0.717, 1.165) is 50.3 Å². The summed E-state index contributed by atoms with van der Waals surface area (Å²) in [5.74, 6) is 0.121. The number of nitrogens with zero attached hydrogens (tertiary/aromatic N) is 2. The summed E-state index contributed by atoms with van der Waals surface area (Å²) < 4.78 is 0. The number of amides is 1. The minimum atomic E-state index is 0.121. The summed E-state index contributed by atoms with van der Waals surface area (Å²) in [6.07, 6.45) is 3.42. The molecule has 1 fully saturated rings. The van der Waals surface area contributed by atoms with E-state index in [-0.39, 0.29) is 5.91 Å². The van der Waals surface area contributed by atoms with Gasteiger partial charge in [-0.15, -0.1) is 0 Å². The standard InChI is InChI=1S/C23H30N4OS/c1-18-6-12-21(13-7-18)26(2)17-14-24-23(29)25-20-10-8-19(9-11-20)22(28)27-15-4-3-5-16-27/h6-13H,3-5,14-17H2,1-2H3,(H2,24,25,29). The number of hydrogen-bond donors (Lipinski definition) is 2. The molecule has 6 heteroatoms. The Morgan fingerprint density at radius 1 is 1.03 bits per heavy atom. The van der Waals surface area contributed by atoms with Gasteiger partial charge in [0, 0.05) is 50.2 Å². The number of rotatable bonds is 6. The van der Waals surface area contributed by atoms with Crippen LogP contribution in [0.25, 0.3) is 0 Å². The van der Waals surface area contributed by atoms with Gasteiger partial charge in [-0.2, -0.15) is 0 Å². The maximum absolute atomic E-state index is 12.5. The second-order valence-corrected chi connectivity index (χ2v) is 7.98. The molecule has 1 heterocycles. The molecule has 29 heavy (non-hydrogen) atoms. The summed E-state index contributed by atoms with van der Waals surface area (Å²) in [6, 6.07) is 16.0. The maximum Gasteiger partial charge on any atom is 0.253 e. The van der Waals surface area contributed by atoms with Gasteiger partial charge in [-0.05, 0) is 74.8 Å².